The molecule has 162 valence electrons. The summed E-state index contributed by atoms with van der Waals surface area (Å²) in [4.78, 5) is 28.3. The van der Waals surface area contributed by atoms with E-state index in [9.17, 15) is 9.59 Å². The number of nitrogens with zero attached hydrogens (tertiary/aromatic N) is 2. The van der Waals surface area contributed by atoms with Crippen molar-refractivity contribution >= 4 is 5.91 Å². The van der Waals surface area contributed by atoms with E-state index in [-0.39, 0.29) is 23.3 Å². The van der Waals surface area contributed by atoms with Gasteiger partial charge >= 0.3 is 0 Å². The van der Waals surface area contributed by atoms with Gasteiger partial charge in [0, 0.05) is 62.8 Å². The highest BCUT2D eigenvalue weighted by Gasteiger charge is 2.43. The molecule has 0 radical (unpaired) electrons. The number of nitrogens with one attached hydrogen (secondary N) is 1. The molecule has 2 aliphatic heterocycles. The first-order valence-electron chi connectivity index (χ1n) is 11.0. The Bertz CT molecular complexity index is 892. The molecule has 7 nitrogen and oxygen atoms in total. The molecule has 7 heteroatoms. The Labute approximate surface area is 177 Å². The lowest BCUT2D eigenvalue weighted by Crippen LogP contribution is -2.53. The summed E-state index contributed by atoms with van der Waals surface area (Å²) in [5, 5.41) is 3.03. The third-order valence-electron chi connectivity index (χ3n) is 6.14. The lowest BCUT2D eigenvalue weighted by atomic mass is 9.78. The Morgan fingerprint density at radius 1 is 1.23 bits per heavy atom. The molecule has 1 fully saturated rings. The second-order valence-electron chi connectivity index (χ2n) is 8.29. The van der Waals surface area contributed by atoms with Gasteiger partial charge in [-0.25, -0.2) is 0 Å². The zero-order chi connectivity index (χ0) is 20.9. The van der Waals surface area contributed by atoms with Gasteiger partial charge in [0.1, 0.15) is 11.8 Å². The summed E-state index contributed by atoms with van der Waals surface area (Å²) >= 11 is 0. The predicted molar refractivity (Wildman–Crippen MR) is 114 cm³/mol. The number of hydrogen-bond donors (Lipinski definition) is 1. The highest BCUT2D eigenvalue weighted by Crippen LogP contribution is 2.41. The molecular weight excluding hydrogens is 382 g/mol. The van der Waals surface area contributed by atoms with E-state index in [4.69, 9.17) is 9.15 Å². The maximum absolute atomic E-state index is 13.2. The number of amides is 1. The van der Waals surface area contributed by atoms with E-state index in [0.717, 1.165) is 50.5 Å². The number of aromatic nitrogens is 1. The highest BCUT2D eigenvalue weighted by molar-refractivity contribution is 5.81. The number of furan rings is 1. The van der Waals surface area contributed by atoms with Crippen LogP contribution in [-0.4, -0.2) is 54.8 Å². The third-order valence-corrected chi connectivity index (χ3v) is 6.14. The summed E-state index contributed by atoms with van der Waals surface area (Å²) in [6.45, 7) is 6.65. The molecule has 0 saturated carbocycles. The van der Waals surface area contributed by atoms with Gasteiger partial charge in [0.05, 0.1) is 12.9 Å². The minimum absolute atomic E-state index is 0.0800. The maximum atomic E-state index is 13.2. The number of hydrogen-bond acceptors (Lipinski definition) is 5. The molecule has 30 heavy (non-hydrogen) atoms. The Balaban J connectivity index is 1.49. The minimum atomic E-state index is -0.471. The lowest BCUT2D eigenvalue weighted by molar-refractivity contribution is -0.127. The van der Waals surface area contributed by atoms with Gasteiger partial charge in [0.15, 0.2) is 0 Å². The lowest BCUT2D eigenvalue weighted by Gasteiger charge is -2.46. The number of piperidine rings is 1. The van der Waals surface area contributed by atoms with E-state index in [0.29, 0.717) is 19.6 Å². The number of pyridine rings is 1. The first-order valence-corrected chi connectivity index (χ1v) is 11.0. The largest absolute Gasteiger partial charge is 0.469 e. The summed E-state index contributed by atoms with van der Waals surface area (Å²) in [5.74, 6) is 1.15. The maximum Gasteiger partial charge on any atom is 0.251 e. The summed E-state index contributed by atoms with van der Waals surface area (Å²) < 4.78 is 12.8. The van der Waals surface area contributed by atoms with Crippen LogP contribution in [-0.2, 0) is 16.0 Å². The van der Waals surface area contributed by atoms with Gasteiger partial charge < -0.3 is 19.4 Å². The quantitative estimate of drug-likeness (QED) is 0.638. The van der Waals surface area contributed by atoms with E-state index in [2.05, 4.69) is 17.1 Å². The standard InChI is InChI=1S/C23H31N3O4/c1-2-11-29-13-10-25-15-17-14-18(16-25)22(26-20(17)6-3-7-21(26)27)23(28)24-9-8-19-5-4-12-30-19/h3-7,12,17-18,22H,2,8-11,13-16H2,1H3,(H,24,28)/t17-,18+,22-/m1/s1. The second kappa shape index (κ2) is 9.62. The smallest absolute Gasteiger partial charge is 0.251 e. The fraction of sp³-hybridized carbons (Fsp3) is 0.565. The number of carbonyl (C=O) groups is 1. The van der Waals surface area contributed by atoms with Crippen molar-refractivity contribution in [2.24, 2.45) is 5.92 Å². The van der Waals surface area contributed by atoms with Crippen molar-refractivity contribution in [1.29, 1.82) is 0 Å². The van der Waals surface area contributed by atoms with E-state index in [1.165, 1.54) is 0 Å². The number of rotatable bonds is 9. The van der Waals surface area contributed by atoms with Crippen LogP contribution in [0.25, 0.3) is 0 Å². The summed E-state index contributed by atoms with van der Waals surface area (Å²) in [6, 6.07) is 8.64. The molecule has 2 bridgehead atoms. The van der Waals surface area contributed by atoms with Crippen molar-refractivity contribution < 1.29 is 13.9 Å². The number of likely N-dealkylation sites (tertiary alicyclic amines) is 1. The first-order chi connectivity index (χ1) is 14.7. The van der Waals surface area contributed by atoms with Crippen LogP contribution < -0.4 is 10.9 Å². The number of ether oxygens (including phenoxy) is 1. The summed E-state index contributed by atoms with van der Waals surface area (Å²) in [6.07, 6.45) is 4.22. The topological polar surface area (TPSA) is 76.7 Å². The SMILES string of the molecule is CCCOCCN1C[C@H]2C[C@@H](C1)[C@H](C(=O)NCCc1ccco1)n1c2cccc1=O. The van der Waals surface area contributed by atoms with Gasteiger partial charge in [-0.1, -0.05) is 13.0 Å². The monoisotopic (exact) mass is 413 g/mol. The summed E-state index contributed by atoms with van der Waals surface area (Å²) in [5.41, 5.74) is 0.886. The van der Waals surface area contributed by atoms with Gasteiger partial charge in [-0.05, 0) is 31.0 Å². The highest BCUT2D eigenvalue weighted by atomic mass is 16.5. The molecule has 0 unspecified atom stereocenters. The van der Waals surface area contributed by atoms with Crippen LogP contribution in [0, 0.1) is 5.92 Å². The zero-order valence-electron chi connectivity index (χ0n) is 17.6. The number of fused-ring (bicyclic) bond motifs is 4. The molecule has 3 atom stereocenters. The van der Waals surface area contributed by atoms with Crippen LogP contribution in [0.5, 0.6) is 0 Å². The van der Waals surface area contributed by atoms with Gasteiger partial charge in [-0.3, -0.25) is 14.2 Å². The molecule has 2 aromatic heterocycles. The van der Waals surface area contributed by atoms with Crippen molar-refractivity contribution in [2.45, 2.75) is 38.1 Å². The van der Waals surface area contributed by atoms with Gasteiger partial charge in [0.25, 0.3) is 5.56 Å². The fourth-order valence-electron chi connectivity index (χ4n) is 4.86. The van der Waals surface area contributed by atoms with Crippen LogP contribution in [0.15, 0.2) is 45.8 Å². The molecule has 2 aliphatic rings. The van der Waals surface area contributed by atoms with Crippen LogP contribution in [0.1, 0.15) is 43.2 Å². The number of carbonyl (C=O) groups excluding carboxylic acids is 1. The van der Waals surface area contributed by atoms with Crippen molar-refractivity contribution in [2.75, 3.05) is 39.4 Å². The molecule has 0 spiro atoms. The molecule has 0 aliphatic carbocycles. The summed E-state index contributed by atoms with van der Waals surface area (Å²) in [7, 11) is 0. The van der Waals surface area contributed by atoms with E-state index in [1.54, 1.807) is 16.9 Å². The molecule has 0 aromatic carbocycles. The average Bonchev–Trinajstić information content (AvgIpc) is 3.25. The van der Waals surface area contributed by atoms with E-state index in [1.807, 2.05) is 24.3 Å². The fourth-order valence-corrected chi connectivity index (χ4v) is 4.86. The van der Waals surface area contributed by atoms with Crippen LogP contribution in [0.3, 0.4) is 0 Å². The molecule has 1 saturated heterocycles. The second-order valence-corrected chi connectivity index (χ2v) is 8.29. The zero-order valence-corrected chi connectivity index (χ0v) is 17.6. The Hall–Kier alpha value is -2.38. The van der Waals surface area contributed by atoms with Gasteiger partial charge in [-0.2, -0.15) is 0 Å². The van der Waals surface area contributed by atoms with Crippen LogP contribution >= 0.6 is 0 Å². The Morgan fingerprint density at radius 3 is 2.93 bits per heavy atom. The molecule has 1 amide bonds. The van der Waals surface area contributed by atoms with Gasteiger partial charge in [0.2, 0.25) is 5.91 Å². The van der Waals surface area contributed by atoms with Crippen molar-refractivity contribution in [3.8, 4) is 0 Å². The van der Waals surface area contributed by atoms with Crippen molar-refractivity contribution in [3.05, 3.63) is 58.4 Å². The molecule has 1 N–H and O–H groups in total. The predicted octanol–water partition coefficient (Wildman–Crippen LogP) is 2.19. The first kappa shape index (κ1) is 20.9. The molecular formula is C23H31N3O4. The van der Waals surface area contributed by atoms with Crippen LogP contribution in [0.4, 0.5) is 0 Å². The Kier molecular flexibility index (Phi) is 6.69. The molecule has 4 rings (SSSR count). The van der Waals surface area contributed by atoms with Crippen LogP contribution in [0.2, 0.25) is 0 Å². The average molecular weight is 414 g/mol. The molecule has 4 heterocycles. The molecule has 2 aromatic rings. The normalized spacial score (nSPS) is 23.2. The van der Waals surface area contributed by atoms with Crippen molar-refractivity contribution in [1.82, 2.24) is 14.8 Å². The third kappa shape index (κ3) is 4.52. The van der Waals surface area contributed by atoms with Crippen molar-refractivity contribution in [3.63, 3.8) is 0 Å². The Morgan fingerprint density at radius 2 is 2.13 bits per heavy atom. The minimum Gasteiger partial charge on any atom is -0.469 e. The van der Waals surface area contributed by atoms with E-state index < -0.39 is 6.04 Å². The van der Waals surface area contributed by atoms with Gasteiger partial charge in [-0.15, -0.1) is 0 Å². The van der Waals surface area contributed by atoms with E-state index >= 15 is 0 Å².